The molecule has 3 N–H and O–H groups in total. The molecule has 120 valence electrons. The van der Waals surface area contributed by atoms with Gasteiger partial charge in [-0.15, -0.1) is 0 Å². The van der Waals surface area contributed by atoms with Crippen molar-refractivity contribution in [2.45, 2.75) is 44.3 Å². The van der Waals surface area contributed by atoms with Crippen molar-refractivity contribution < 1.29 is 8.42 Å². The molecule has 0 saturated carbocycles. The molecule has 1 atom stereocenters. The zero-order valence-electron chi connectivity index (χ0n) is 13.0. The molecule has 1 aromatic carbocycles. The highest BCUT2D eigenvalue weighted by atomic mass is 32.2. The highest BCUT2D eigenvalue weighted by molar-refractivity contribution is 7.89. The predicted molar refractivity (Wildman–Crippen MR) is 85.7 cm³/mol. The van der Waals surface area contributed by atoms with Gasteiger partial charge in [-0.3, -0.25) is 0 Å². The number of hydrogen-bond acceptors (Lipinski definition) is 4. The van der Waals surface area contributed by atoms with Gasteiger partial charge in [0.2, 0.25) is 10.0 Å². The van der Waals surface area contributed by atoms with Gasteiger partial charge < -0.3 is 9.88 Å². The van der Waals surface area contributed by atoms with E-state index < -0.39 is 10.0 Å². The Bertz CT molecular complexity index is 720. The number of imidazole rings is 1. The van der Waals surface area contributed by atoms with Gasteiger partial charge in [0.15, 0.2) is 0 Å². The second-order valence-corrected chi connectivity index (χ2v) is 7.12. The van der Waals surface area contributed by atoms with Crippen molar-refractivity contribution in [1.82, 2.24) is 14.9 Å². The van der Waals surface area contributed by atoms with Gasteiger partial charge in [-0.1, -0.05) is 12.1 Å². The summed E-state index contributed by atoms with van der Waals surface area (Å²) in [6.45, 7) is 6.89. The number of nitrogens with two attached hydrogens (primary N) is 1. The number of primary sulfonamides is 1. The maximum absolute atomic E-state index is 11.2. The molecule has 0 bridgehead atoms. The fourth-order valence-electron chi connectivity index (χ4n) is 2.26. The first-order valence-electron chi connectivity index (χ1n) is 7.17. The Balaban J connectivity index is 2.03. The van der Waals surface area contributed by atoms with E-state index >= 15 is 0 Å². The van der Waals surface area contributed by atoms with E-state index in [0.29, 0.717) is 12.6 Å². The summed E-state index contributed by atoms with van der Waals surface area (Å²) in [4.78, 5) is 4.48. The molecule has 0 aliphatic rings. The minimum absolute atomic E-state index is 0.0758. The van der Waals surface area contributed by atoms with Crippen LogP contribution in [0.4, 0.5) is 0 Å². The van der Waals surface area contributed by atoms with E-state index in [9.17, 15) is 8.42 Å². The molecule has 0 aliphatic carbocycles. The van der Waals surface area contributed by atoms with E-state index in [0.717, 1.165) is 11.4 Å². The van der Waals surface area contributed by atoms with E-state index in [2.05, 4.69) is 28.7 Å². The molecule has 0 amide bonds. The lowest BCUT2D eigenvalue weighted by molar-refractivity contribution is 0.509. The van der Waals surface area contributed by atoms with E-state index in [1.54, 1.807) is 18.3 Å². The van der Waals surface area contributed by atoms with E-state index in [1.807, 2.05) is 13.1 Å². The van der Waals surface area contributed by atoms with Gasteiger partial charge in [0, 0.05) is 24.5 Å². The molecule has 0 spiro atoms. The average molecular weight is 322 g/mol. The lowest BCUT2D eigenvalue weighted by atomic mass is 10.1. The van der Waals surface area contributed by atoms with Crippen molar-refractivity contribution >= 4 is 10.0 Å². The summed E-state index contributed by atoms with van der Waals surface area (Å²) in [6, 6.07) is 7.03. The second kappa shape index (κ2) is 6.60. The van der Waals surface area contributed by atoms with Crippen molar-refractivity contribution in [3.63, 3.8) is 0 Å². The van der Waals surface area contributed by atoms with Crippen molar-refractivity contribution in [2.24, 2.45) is 5.14 Å². The van der Waals surface area contributed by atoms with Crippen LogP contribution in [0.15, 0.2) is 41.6 Å². The largest absolute Gasteiger partial charge is 0.331 e. The van der Waals surface area contributed by atoms with Crippen LogP contribution < -0.4 is 10.5 Å². The predicted octanol–water partition coefficient (Wildman–Crippen LogP) is 1.96. The molecule has 22 heavy (non-hydrogen) atoms. The minimum Gasteiger partial charge on any atom is -0.331 e. The van der Waals surface area contributed by atoms with Crippen molar-refractivity contribution in [2.75, 3.05) is 0 Å². The molecule has 0 fully saturated rings. The molecule has 0 saturated heterocycles. The quantitative estimate of drug-likeness (QED) is 0.850. The highest BCUT2D eigenvalue weighted by Crippen LogP contribution is 2.16. The highest BCUT2D eigenvalue weighted by Gasteiger charge is 2.11. The molecular formula is C15H22N4O2S. The van der Waals surface area contributed by atoms with Crippen molar-refractivity contribution in [3.05, 3.63) is 48.0 Å². The maximum atomic E-state index is 11.2. The lowest BCUT2D eigenvalue weighted by Gasteiger charge is -2.16. The number of hydrogen-bond donors (Lipinski definition) is 2. The summed E-state index contributed by atoms with van der Waals surface area (Å²) >= 11 is 0. The zero-order chi connectivity index (χ0) is 16.3. The molecule has 7 heteroatoms. The summed E-state index contributed by atoms with van der Waals surface area (Å²) in [5.41, 5.74) is 0.995. The van der Waals surface area contributed by atoms with Crippen molar-refractivity contribution in [3.8, 4) is 0 Å². The molecule has 0 aliphatic heterocycles. The third-order valence-corrected chi connectivity index (χ3v) is 4.51. The standard InChI is InChI=1S/C15H22N4O2S/c1-11(2)19-9-8-17-15(19)10-18-12(3)13-4-6-14(7-5-13)22(16,20)21/h4-9,11-12,18H,10H2,1-3H3,(H2,16,20,21)/t12-/m1/s1. The number of nitrogens with one attached hydrogen (secondary N) is 1. The zero-order valence-corrected chi connectivity index (χ0v) is 13.8. The topological polar surface area (TPSA) is 90.0 Å². The monoisotopic (exact) mass is 322 g/mol. The average Bonchev–Trinajstić information content (AvgIpc) is 2.92. The Kier molecular flexibility index (Phi) is 5.00. The van der Waals surface area contributed by atoms with Gasteiger partial charge in [-0.25, -0.2) is 18.5 Å². The van der Waals surface area contributed by atoms with E-state index in [-0.39, 0.29) is 10.9 Å². The summed E-state index contributed by atoms with van der Waals surface area (Å²) in [5, 5.41) is 8.49. The molecule has 0 radical (unpaired) electrons. The van der Waals surface area contributed by atoms with Crippen LogP contribution in [0.1, 0.15) is 44.2 Å². The van der Waals surface area contributed by atoms with Crippen molar-refractivity contribution in [1.29, 1.82) is 0 Å². The van der Waals surface area contributed by atoms with Crippen LogP contribution in [0.3, 0.4) is 0 Å². The van der Waals surface area contributed by atoms with Gasteiger partial charge in [-0.05, 0) is 38.5 Å². The number of benzene rings is 1. The number of aromatic nitrogens is 2. The van der Waals surface area contributed by atoms with Crippen LogP contribution in [0.2, 0.25) is 0 Å². The SMILES string of the molecule is CC(C)n1ccnc1CN[C@H](C)c1ccc(S(N)(=O)=O)cc1. The molecule has 6 nitrogen and oxygen atoms in total. The first kappa shape index (κ1) is 16.7. The summed E-state index contributed by atoms with van der Waals surface area (Å²) in [6.07, 6.45) is 3.76. The normalized spacial score (nSPS) is 13.5. The fraction of sp³-hybridized carbons (Fsp3) is 0.400. The first-order chi connectivity index (χ1) is 10.3. The van der Waals surface area contributed by atoms with Gasteiger partial charge in [0.1, 0.15) is 5.82 Å². The lowest BCUT2D eigenvalue weighted by Crippen LogP contribution is -2.21. The summed E-state index contributed by atoms with van der Waals surface area (Å²) in [7, 11) is -3.64. The summed E-state index contributed by atoms with van der Waals surface area (Å²) < 4.78 is 24.6. The van der Waals surface area contributed by atoms with E-state index in [1.165, 1.54) is 12.1 Å². The molecule has 2 aromatic rings. The second-order valence-electron chi connectivity index (χ2n) is 5.56. The van der Waals surface area contributed by atoms with Crippen LogP contribution in [0.25, 0.3) is 0 Å². The van der Waals surface area contributed by atoms with Crippen LogP contribution in [0, 0.1) is 0 Å². The first-order valence-corrected chi connectivity index (χ1v) is 8.71. The number of sulfonamides is 1. The molecule has 0 unspecified atom stereocenters. The maximum Gasteiger partial charge on any atom is 0.238 e. The smallest absolute Gasteiger partial charge is 0.238 e. The number of rotatable bonds is 6. The van der Waals surface area contributed by atoms with Gasteiger partial charge in [0.25, 0.3) is 0 Å². The van der Waals surface area contributed by atoms with Gasteiger partial charge >= 0.3 is 0 Å². The van der Waals surface area contributed by atoms with E-state index in [4.69, 9.17) is 5.14 Å². The van der Waals surface area contributed by atoms with Gasteiger partial charge in [0.05, 0.1) is 11.4 Å². The van der Waals surface area contributed by atoms with Crippen LogP contribution in [-0.2, 0) is 16.6 Å². The molecule has 1 aromatic heterocycles. The number of nitrogens with zero attached hydrogens (tertiary/aromatic N) is 2. The molecular weight excluding hydrogens is 300 g/mol. The molecule has 1 heterocycles. The van der Waals surface area contributed by atoms with Crippen LogP contribution in [-0.4, -0.2) is 18.0 Å². The Hall–Kier alpha value is -1.70. The fourth-order valence-corrected chi connectivity index (χ4v) is 2.77. The van der Waals surface area contributed by atoms with Crippen LogP contribution >= 0.6 is 0 Å². The minimum atomic E-state index is -3.64. The Labute approximate surface area is 131 Å². The van der Waals surface area contributed by atoms with Gasteiger partial charge in [-0.2, -0.15) is 0 Å². The Morgan fingerprint density at radius 1 is 1.23 bits per heavy atom. The Morgan fingerprint density at radius 3 is 2.41 bits per heavy atom. The summed E-state index contributed by atoms with van der Waals surface area (Å²) in [5.74, 6) is 0.975. The van der Waals surface area contributed by atoms with Crippen LogP contribution in [0.5, 0.6) is 0 Å². The Morgan fingerprint density at radius 2 is 1.86 bits per heavy atom. The third kappa shape index (κ3) is 3.94. The third-order valence-electron chi connectivity index (χ3n) is 3.58. The molecule has 2 rings (SSSR count).